The molecule has 0 saturated carbocycles. The Morgan fingerprint density at radius 2 is 1.64 bits per heavy atom. The lowest BCUT2D eigenvalue weighted by Gasteiger charge is -1.93. The fourth-order valence-electron chi connectivity index (χ4n) is 0.811. The third-order valence-corrected chi connectivity index (χ3v) is 2.61. The molecule has 0 fully saturated rings. The molecule has 0 bridgehead atoms. The van der Waals surface area contributed by atoms with E-state index in [-0.39, 0.29) is 18.9 Å². The van der Waals surface area contributed by atoms with E-state index in [1.54, 1.807) is 0 Å². The molecule has 0 amide bonds. The van der Waals surface area contributed by atoms with E-state index < -0.39 is 0 Å². The lowest BCUT2D eigenvalue weighted by Crippen LogP contribution is -2.22. The molecule has 1 aromatic carbocycles. The molecule has 11 heavy (non-hydrogen) atoms. The maximum Gasteiger partial charge on any atom is 0.0697 e. The summed E-state index contributed by atoms with van der Waals surface area (Å²) in [6.45, 7) is 0. The molecule has 1 aromatic rings. The van der Waals surface area contributed by atoms with Gasteiger partial charge in [-0.1, -0.05) is 35.5 Å². The molecule has 1 nitrogen and oxygen atoms in total. The highest BCUT2D eigenvalue weighted by Crippen LogP contribution is 1.79. The van der Waals surface area contributed by atoms with E-state index in [4.69, 9.17) is 5.73 Å². The van der Waals surface area contributed by atoms with E-state index >= 15 is 0 Å². The molecule has 4 heteroatoms. The Morgan fingerprint density at radius 3 is 2.09 bits per heavy atom. The molecule has 2 N–H and O–H groups in total. The maximum atomic E-state index is 5.42. The van der Waals surface area contributed by atoms with Gasteiger partial charge in [0.2, 0.25) is 0 Å². The van der Waals surface area contributed by atoms with Gasteiger partial charge >= 0.3 is 0 Å². The number of rotatable bonds is 2. The molecule has 0 aromatic heterocycles. The molecular formula is C7H13F2NSi. The van der Waals surface area contributed by atoms with Crippen molar-refractivity contribution in [3.63, 3.8) is 0 Å². The van der Waals surface area contributed by atoms with Crippen LogP contribution < -0.4 is 10.9 Å². The lowest BCUT2D eigenvalue weighted by molar-refractivity contribution is 1.11. The Bertz CT molecular complexity index is 169. The van der Waals surface area contributed by atoms with Crippen LogP contribution in [0.3, 0.4) is 0 Å². The summed E-state index contributed by atoms with van der Waals surface area (Å²) < 4.78 is 0. The number of halogens is 2. The van der Waals surface area contributed by atoms with E-state index in [1.165, 1.54) is 5.19 Å². The van der Waals surface area contributed by atoms with Crippen LogP contribution >= 0.6 is 0 Å². The molecule has 0 aliphatic carbocycles. The van der Waals surface area contributed by atoms with Crippen LogP contribution in [0.5, 0.6) is 0 Å². The Kier molecular flexibility index (Phi) is 8.63. The molecule has 0 radical (unpaired) electrons. The molecule has 0 unspecified atom stereocenters. The van der Waals surface area contributed by atoms with Crippen molar-refractivity contribution in [1.29, 1.82) is 0 Å². The Balaban J connectivity index is 0. The Morgan fingerprint density at radius 1 is 1.09 bits per heavy atom. The highest BCUT2D eigenvalue weighted by Gasteiger charge is 1.85. The summed E-state index contributed by atoms with van der Waals surface area (Å²) >= 11 is 0. The van der Waals surface area contributed by atoms with Crippen LogP contribution in [0.4, 0.5) is 9.41 Å². The van der Waals surface area contributed by atoms with Crippen molar-refractivity contribution < 1.29 is 9.41 Å². The molecular weight excluding hydrogens is 164 g/mol. The fourth-order valence-corrected chi connectivity index (χ4v) is 1.75. The van der Waals surface area contributed by atoms with E-state index in [1.807, 2.05) is 6.07 Å². The molecule has 0 aliphatic rings. The second kappa shape index (κ2) is 7.36. The molecule has 0 heterocycles. The highest BCUT2D eigenvalue weighted by atomic mass is 28.2. The van der Waals surface area contributed by atoms with Crippen molar-refractivity contribution in [2.45, 2.75) is 0 Å². The maximum absolute atomic E-state index is 5.42. The van der Waals surface area contributed by atoms with Crippen molar-refractivity contribution in [2.24, 2.45) is 5.73 Å². The summed E-state index contributed by atoms with van der Waals surface area (Å²) in [5, 5.41) is 1.46. The topological polar surface area (TPSA) is 26.0 Å². The van der Waals surface area contributed by atoms with Crippen molar-refractivity contribution in [1.82, 2.24) is 0 Å². The summed E-state index contributed by atoms with van der Waals surface area (Å²) in [4.78, 5) is 0. The first kappa shape index (κ1) is 12.9. The van der Waals surface area contributed by atoms with Gasteiger partial charge in [-0.05, 0) is 6.17 Å². The van der Waals surface area contributed by atoms with Crippen LogP contribution in [0.1, 0.15) is 0 Å². The predicted molar refractivity (Wildman–Crippen MR) is 48.7 cm³/mol. The van der Waals surface area contributed by atoms with Gasteiger partial charge in [-0.15, -0.1) is 0 Å². The molecule has 0 spiro atoms. The van der Waals surface area contributed by atoms with Gasteiger partial charge in [-0.3, -0.25) is 9.41 Å². The quantitative estimate of drug-likeness (QED) is 0.617. The van der Waals surface area contributed by atoms with Crippen LogP contribution in [-0.4, -0.2) is 15.7 Å². The van der Waals surface area contributed by atoms with Crippen LogP contribution in [-0.2, 0) is 0 Å². The van der Waals surface area contributed by atoms with Crippen molar-refractivity contribution in [2.75, 3.05) is 6.17 Å². The van der Waals surface area contributed by atoms with Crippen LogP contribution in [0.25, 0.3) is 0 Å². The van der Waals surface area contributed by atoms with E-state index in [0.29, 0.717) is 0 Å². The van der Waals surface area contributed by atoms with E-state index in [9.17, 15) is 0 Å². The molecule has 1 rings (SSSR count). The number of benzene rings is 1. The third-order valence-electron chi connectivity index (χ3n) is 1.28. The van der Waals surface area contributed by atoms with Crippen LogP contribution in [0.2, 0.25) is 0 Å². The minimum atomic E-state index is -0.123. The largest absolute Gasteiger partial charge is 0.333 e. The van der Waals surface area contributed by atoms with Gasteiger partial charge in [-0.25, -0.2) is 0 Å². The fraction of sp³-hybridized carbons (Fsp3) is 0.143. The second-order valence-corrected chi connectivity index (χ2v) is 3.92. The van der Waals surface area contributed by atoms with Gasteiger partial charge in [0.25, 0.3) is 0 Å². The standard InChI is InChI=1S/C7H11NSi.2FH/c8-6-9-7-4-2-1-3-5-7;;/h1-5H,6,8-9H2;2*1H. The van der Waals surface area contributed by atoms with Gasteiger partial charge in [-0.2, -0.15) is 0 Å². The first-order valence-corrected chi connectivity index (χ1v) is 4.88. The van der Waals surface area contributed by atoms with Gasteiger partial charge in [0.05, 0.1) is 9.52 Å². The molecule has 0 atom stereocenters. The summed E-state index contributed by atoms with van der Waals surface area (Å²) in [5.41, 5.74) is 5.42. The van der Waals surface area contributed by atoms with Gasteiger partial charge in [0.1, 0.15) is 0 Å². The normalized spacial score (nSPS) is 8.82. The summed E-state index contributed by atoms with van der Waals surface area (Å²) in [7, 11) is -0.123. The predicted octanol–water partition coefficient (Wildman–Crippen LogP) is -0.298. The average molecular weight is 177 g/mol. The molecule has 64 valence electrons. The van der Waals surface area contributed by atoms with Crippen molar-refractivity contribution in [3.05, 3.63) is 30.3 Å². The first-order chi connectivity index (χ1) is 4.43. The average Bonchev–Trinajstić information content (AvgIpc) is 1.91. The SMILES string of the molecule is F.F.NC[SiH2]c1ccccc1. The summed E-state index contributed by atoms with van der Waals surface area (Å²) in [5.74, 6) is 0. The zero-order valence-electron chi connectivity index (χ0n) is 6.19. The molecule has 0 aliphatic heterocycles. The summed E-state index contributed by atoms with van der Waals surface area (Å²) in [6.07, 6.45) is 0.879. The van der Waals surface area contributed by atoms with E-state index in [0.717, 1.165) is 6.17 Å². The number of nitrogens with two attached hydrogens (primary N) is 1. The zero-order chi connectivity index (χ0) is 6.53. The Labute approximate surface area is 67.2 Å². The zero-order valence-corrected chi connectivity index (χ0v) is 7.61. The Hall–Kier alpha value is -0.743. The lowest BCUT2D eigenvalue weighted by atomic mass is 10.4. The third kappa shape index (κ3) is 4.63. The minimum Gasteiger partial charge on any atom is -0.333 e. The smallest absolute Gasteiger partial charge is 0.0697 e. The molecule has 0 saturated heterocycles. The monoisotopic (exact) mass is 177 g/mol. The van der Waals surface area contributed by atoms with Gasteiger partial charge in [0.15, 0.2) is 0 Å². The highest BCUT2D eigenvalue weighted by molar-refractivity contribution is 6.53. The number of hydrogen-bond acceptors (Lipinski definition) is 1. The minimum absolute atomic E-state index is 0. The number of hydrogen-bond donors (Lipinski definition) is 1. The van der Waals surface area contributed by atoms with Gasteiger partial charge < -0.3 is 5.73 Å². The van der Waals surface area contributed by atoms with E-state index in [2.05, 4.69) is 24.3 Å². The van der Waals surface area contributed by atoms with Crippen molar-refractivity contribution >= 4 is 14.7 Å². The van der Waals surface area contributed by atoms with Crippen LogP contribution in [0, 0.1) is 0 Å². The van der Waals surface area contributed by atoms with Crippen LogP contribution in [0.15, 0.2) is 30.3 Å². The second-order valence-electron chi connectivity index (χ2n) is 2.02. The first-order valence-electron chi connectivity index (χ1n) is 3.17. The van der Waals surface area contributed by atoms with Crippen molar-refractivity contribution in [3.8, 4) is 0 Å². The summed E-state index contributed by atoms with van der Waals surface area (Å²) in [6, 6.07) is 10.5. The van der Waals surface area contributed by atoms with Gasteiger partial charge in [0, 0.05) is 0 Å².